The largest absolute Gasteiger partial charge is 0.453 e. The lowest BCUT2D eigenvalue weighted by Gasteiger charge is -2.05. The number of ether oxygens (including phenoxy) is 1. The molecule has 0 aliphatic heterocycles. The maximum Gasteiger partial charge on any atom is 0.407 e. The smallest absolute Gasteiger partial charge is 0.407 e. The van der Waals surface area contributed by atoms with E-state index in [-0.39, 0.29) is 12.5 Å². The van der Waals surface area contributed by atoms with Crippen LogP contribution in [-0.4, -0.2) is 32.2 Å². The molecule has 0 aromatic heterocycles. The summed E-state index contributed by atoms with van der Waals surface area (Å²) in [7, 11) is 1.26. The fourth-order valence-corrected chi connectivity index (χ4v) is 1.24. The van der Waals surface area contributed by atoms with E-state index in [1.54, 1.807) is 0 Å². The molecule has 0 radical (unpaired) electrons. The van der Waals surface area contributed by atoms with Crippen molar-refractivity contribution >= 4 is 12.0 Å². The van der Waals surface area contributed by atoms with Crippen LogP contribution in [0.4, 0.5) is 4.79 Å². The van der Waals surface area contributed by atoms with Crippen molar-refractivity contribution < 1.29 is 14.3 Å². The predicted molar refractivity (Wildman–Crippen MR) is 62.2 cm³/mol. The van der Waals surface area contributed by atoms with Gasteiger partial charge in [0.1, 0.15) is 0 Å². The maximum absolute atomic E-state index is 11.2. The van der Waals surface area contributed by atoms with Crippen molar-refractivity contribution in [2.75, 3.05) is 20.2 Å². The average Bonchev–Trinajstić information content (AvgIpc) is 2.30. The summed E-state index contributed by atoms with van der Waals surface area (Å²) in [6.45, 7) is 2.81. The summed E-state index contributed by atoms with van der Waals surface area (Å²) >= 11 is 0. The van der Waals surface area contributed by atoms with Crippen LogP contribution in [0, 0.1) is 0 Å². The van der Waals surface area contributed by atoms with Crippen LogP contribution < -0.4 is 10.6 Å². The first-order valence-corrected chi connectivity index (χ1v) is 5.79. The van der Waals surface area contributed by atoms with Gasteiger partial charge in [0, 0.05) is 6.54 Å². The fourth-order valence-electron chi connectivity index (χ4n) is 1.24. The molecule has 0 saturated carbocycles. The zero-order chi connectivity index (χ0) is 12.2. The third-order valence-electron chi connectivity index (χ3n) is 2.18. The second-order valence-corrected chi connectivity index (χ2v) is 3.61. The normalized spacial score (nSPS) is 9.62. The molecule has 0 heterocycles. The van der Waals surface area contributed by atoms with E-state index in [2.05, 4.69) is 22.3 Å². The van der Waals surface area contributed by atoms with Crippen molar-refractivity contribution in [2.24, 2.45) is 0 Å². The first kappa shape index (κ1) is 14.7. The van der Waals surface area contributed by atoms with Crippen molar-refractivity contribution in [3.8, 4) is 0 Å². The van der Waals surface area contributed by atoms with Gasteiger partial charge in [-0.3, -0.25) is 4.79 Å². The lowest BCUT2D eigenvalue weighted by atomic mass is 10.1. The van der Waals surface area contributed by atoms with Crippen LogP contribution in [-0.2, 0) is 9.53 Å². The molecular formula is C11H22N2O3. The number of amides is 2. The Labute approximate surface area is 96.9 Å². The summed E-state index contributed by atoms with van der Waals surface area (Å²) < 4.78 is 4.34. The van der Waals surface area contributed by atoms with E-state index < -0.39 is 6.09 Å². The molecule has 2 N–H and O–H groups in total. The number of carbonyl (C=O) groups excluding carboxylic acids is 2. The third kappa shape index (κ3) is 9.30. The van der Waals surface area contributed by atoms with Crippen molar-refractivity contribution in [2.45, 2.75) is 39.0 Å². The second-order valence-electron chi connectivity index (χ2n) is 3.61. The average molecular weight is 230 g/mol. The van der Waals surface area contributed by atoms with E-state index in [0.717, 1.165) is 12.8 Å². The van der Waals surface area contributed by atoms with E-state index in [9.17, 15) is 9.59 Å². The number of carbonyl (C=O) groups is 2. The molecule has 0 aromatic carbocycles. The Bertz CT molecular complexity index is 207. The highest BCUT2D eigenvalue weighted by Gasteiger charge is 2.03. The first-order chi connectivity index (χ1) is 7.70. The highest BCUT2D eigenvalue weighted by Crippen LogP contribution is 2.00. The number of unbranched alkanes of at least 4 members (excludes halogenated alkanes) is 4. The number of nitrogens with one attached hydrogen (secondary N) is 2. The Morgan fingerprint density at radius 3 is 2.38 bits per heavy atom. The SMILES string of the molecule is CCCCCCCNC(=O)CNC(=O)OC. The lowest BCUT2D eigenvalue weighted by molar-refractivity contribution is -0.120. The van der Waals surface area contributed by atoms with Crippen LogP contribution in [0.25, 0.3) is 0 Å². The summed E-state index contributed by atoms with van der Waals surface area (Å²) in [5.74, 6) is -0.180. The van der Waals surface area contributed by atoms with Gasteiger partial charge in [-0.05, 0) is 6.42 Å². The molecular weight excluding hydrogens is 208 g/mol. The summed E-state index contributed by atoms with van der Waals surface area (Å²) in [5, 5.41) is 5.05. The molecule has 0 aromatic rings. The van der Waals surface area contributed by atoms with Crippen molar-refractivity contribution in [3.05, 3.63) is 0 Å². The number of rotatable bonds is 8. The van der Waals surface area contributed by atoms with Gasteiger partial charge in [0.05, 0.1) is 13.7 Å². The Hall–Kier alpha value is -1.26. The number of methoxy groups -OCH3 is 1. The topological polar surface area (TPSA) is 67.4 Å². The van der Waals surface area contributed by atoms with Crippen molar-refractivity contribution in [3.63, 3.8) is 0 Å². The maximum atomic E-state index is 11.2. The number of hydrogen-bond acceptors (Lipinski definition) is 3. The van der Waals surface area contributed by atoms with Gasteiger partial charge in [0.25, 0.3) is 0 Å². The monoisotopic (exact) mass is 230 g/mol. The molecule has 0 rings (SSSR count). The van der Waals surface area contributed by atoms with E-state index in [1.807, 2.05) is 0 Å². The highest BCUT2D eigenvalue weighted by atomic mass is 16.5. The van der Waals surface area contributed by atoms with Gasteiger partial charge in [-0.15, -0.1) is 0 Å². The van der Waals surface area contributed by atoms with Crippen LogP contribution in [0.3, 0.4) is 0 Å². The summed E-state index contributed by atoms with van der Waals surface area (Å²) in [4.78, 5) is 21.8. The quantitative estimate of drug-likeness (QED) is 0.620. The second kappa shape index (κ2) is 10.3. The number of hydrogen-bond donors (Lipinski definition) is 2. The fraction of sp³-hybridized carbons (Fsp3) is 0.818. The van der Waals surface area contributed by atoms with Gasteiger partial charge in [-0.2, -0.15) is 0 Å². The van der Waals surface area contributed by atoms with Crippen LogP contribution >= 0.6 is 0 Å². The van der Waals surface area contributed by atoms with Crippen LogP contribution in [0.1, 0.15) is 39.0 Å². The van der Waals surface area contributed by atoms with Gasteiger partial charge < -0.3 is 15.4 Å². The highest BCUT2D eigenvalue weighted by molar-refractivity contribution is 5.81. The number of alkyl carbamates (subject to hydrolysis) is 1. The summed E-state index contributed by atoms with van der Waals surface area (Å²) in [6, 6.07) is 0. The van der Waals surface area contributed by atoms with E-state index in [0.29, 0.717) is 6.54 Å². The standard InChI is InChI=1S/C11H22N2O3/c1-3-4-5-6-7-8-12-10(14)9-13-11(15)16-2/h3-9H2,1-2H3,(H,12,14)(H,13,15). The molecule has 0 spiro atoms. The zero-order valence-corrected chi connectivity index (χ0v) is 10.2. The van der Waals surface area contributed by atoms with Crippen molar-refractivity contribution in [1.82, 2.24) is 10.6 Å². The van der Waals surface area contributed by atoms with E-state index in [4.69, 9.17) is 0 Å². The Morgan fingerprint density at radius 1 is 1.06 bits per heavy atom. The Balaban J connectivity index is 3.27. The molecule has 0 aliphatic carbocycles. The molecule has 0 saturated heterocycles. The minimum absolute atomic E-state index is 0.0262. The molecule has 2 amide bonds. The molecule has 0 aliphatic rings. The predicted octanol–water partition coefficient (Wildman–Crippen LogP) is 1.43. The molecule has 0 unspecified atom stereocenters. The van der Waals surface area contributed by atoms with Crippen LogP contribution in [0.5, 0.6) is 0 Å². The molecule has 94 valence electrons. The van der Waals surface area contributed by atoms with Gasteiger partial charge in [0.15, 0.2) is 0 Å². The molecule has 16 heavy (non-hydrogen) atoms. The lowest BCUT2D eigenvalue weighted by Crippen LogP contribution is -2.37. The van der Waals surface area contributed by atoms with E-state index in [1.165, 1.54) is 26.4 Å². The van der Waals surface area contributed by atoms with Gasteiger partial charge in [-0.1, -0.05) is 32.6 Å². The molecule has 0 fully saturated rings. The molecule has 0 atom stereocenters. The summed E-state index contributed by atoms with van der Waals surface area (Å²) in [6.07, 6.45) is 5.22. The van der Waals surface area contributed by atoms with Crippen LogP contribution in [0.15, 0.2) is 0 Å². The first-order valence-electron chi connectivity index (χ1n) is 5.79. The summed E-state index contributed by atoms with van der Waals surface area (Å²) in [5.41, 5.74) is 0. The molecule has 5 nitrogen and oxygen atoms in total. The van der Waals surface area contributed by atoms with Gasteiger partial charge in [0.2, 0.25) is 5.91 Å². The Morgan fingerprint density at radius 2 is 1.75 bits per heavy atom. The van der Waals surface area contributed by atoms with Gasteiger partial charge in [-0.25, -0.2) is 4.79 Å². The molecule has 5 heteroatoms. The third-order valence-corrected chi connectivity index (χ3v) is 2.18. The molecule has 0 bridgehead atoms. The van der Waals surface area contributed by atoms with Crippen molar-refractivity contribution in [1.29, 1.82) is 0 Å². The minimum Gasteiger partial charge on any atom is -0.453 e. The zero-order valence-electron chi connectivity index (χ0n) is 10.2. The van der Waals surface area contributed by atoms with Gasteiger partial charge >= 0.3 is 6.09 Å². The van der Waals surface area contributed by atoms with E-state index >= 15 is 0 Å². The van der Waals surface area contributed by atoms with Crippen LogP contribution in [0.2, 0.25) is 0 Å². The minimum atomic E-state index is -0.585. The Kier molecular flexibility index (Phi) is 9.46.